The van der Waals surface area contributed by atoms with Gasteiger partial charge in [-0.1, -0.05) is 60.7 Å². The summed E-state index contributed by atoms with van der Waals surface area (Å²) in [4.78, 5) is 15.3. The minimum Gasteiger partial charge on any atom is -0.346 e. The average molecular weight is 441 g/mol. The molecule has 1 aliphatic rings. The van der Waals surface area contributed by atoms with Crippen LogP contribution in [0, 0.1) is 19.8 Å². The molecule has 1 fully saturated rings. The number of piperidine rings is 1. The van der Waals surface area contributed by atoms with Crippen molar-refractivity contribution in [2.75, 3.05) is 13.1 Å². The van der Waals surface area contributed by atoms with Crippen LogP contribution < -0.4 is 5.32 Å². The molecular weight excluding hydrogens is 404 g/mol. The molecule has 4 rings (SSSR count). The number of nitrogens with zero attached hydrogens (tertiary/aromatic N) is 1. The Morgan fingerprint density at radius 3 is 2.27 bits per heavy atom. The van der Waals surface area contributed by atoms with Crippen molar-refractivity contribution in [1.29, 1.82) is 0 Å². The summed E-state index contributed by atoms with van der Waals surface area (Å²) < 4.78 is 0. The lowest BCUT2D eigenvalue weighted by molar-refractivity contribution is 0.0940. The lowest BCUT2D eigenvalue weighted by Crippen LogP contribution is -2.33. The van der Waals surface area contributed by atoms with Crippen LogP contribution in [0.2, 0.25) is 0 Å². The Labute approximate surface area is 198 Å². The third-order valence-corrected chi connectivity index (χ3v) is 7.08. The predicted octanol–water partition coefficient (Wildman–Crippen LogP) is 6.25. The molecular formula is C30H36N2O. The van der Waals surface area contributed by atoms with Gasteiger partial charge in [-0.05, 0) is 99.0 Å². The van der Waals surface area contributed by atoms with Crippen molar-refractivity contribution in [3.8, 4) is 0 Å². The van der Waals surface area contributed by atoms with Gasteiger partial charge in [-0.2, -0.15) is 0 Å². The monoisotopic (exact) mass is 440 g/mol. The highest BCUT2D eigenvalue weighted by Gasteiger charge is 2.20. The van der Waals surface area contributed by atoms with Crippen LogP contribution >= 0.6 is 0 Å². The van der Waals surface area contributed by atoms with Gasteiger partial charge >= 0.3 is 0 Å². The number of benzene rings is 3. The van der Waals surface area contributed by atoms with Gasteiger partial charge in [0.05, 0.1) is 6.04 Å². The normalized spacial score (nSPS) is 15.8. The average Bonchev–Trinajstić information content (AvgIpc) is 2.83. The zero-order valence-corrected chi connectivity index (χ0v) is 20.2. The van der Waals surface area contributed by atoms with Gasteiger partial charge in [-0.25, -0.2) is 0 Å². The second-order valence-electron chi connectivity index (χ2n) is 9.65. The van der Waals surface area contributed by atoms with Gasteiger partial charge in [-0.15, -0.1) is 0 Å². The molecule has 33 heavy (non-hydrogen) atoms. The molecule has 1 N–H and O–H groups in total. The Bertz CT molecular complexity index is 1050. The number of hydrogen-bond donors (Lipinski definition) is 1. The van der Waals surface area contributed by atoms with E-state index in [2.05, 4.69) is 84.7 Å². The number of carbonyl (C=O) groups is 1. The third-order valence-electron chi connectivity index (χ3n) is 7.08. The maximum atomic E-state index is 12.7. The molecule has 1 saturated heterocycles. The van der Waals surface area contributed by atoms with E-state index in [1.54, 1.807) is 0 Å². The Balaban J connectivity index is 1.26. The van der Waals surface area contributed by atoms with Crippen molar-refractivity contribution in [1.82, 2.24) is 10.2 Å². The highest BCUT2D eigenvalue weighted by Crippen LogP contribution is 2.23. The molecule has 0 spiro atoms. The Kier molecular flexibility index (Phi) is 7.61. The summed E-state index contributed by atoms with van der Waals surface area (Å²) >= 11 is 0. The number of likely N-dealkylation sites (tertiary alicyclic amines) is 1. The van der Waals surface area contributed by atoms with Gasteiger partial charge in [0, 0.05) is 12.1 Å². The van der Waals surface area contributed by atoms with Gasteiger partial charge in [0.15, 0.2) is 0 Å². The van der Waals surface area contributed by atoms with Crippen LogP contribution in [-0.2, 0) is 13.0 Å². The number of amides is 1. The smallest absolute Gasteiger partial charge is 0.251 e. The van der Waals surface area contributed by atoms with E-state index >= 15 is 0 Å². The number of nitrogens with one attached hydrogen (secondary N) is 1. The van der Waals surface area contributed by atoms with E-state index in [1.807, 2.05) is 19.1 Å². The first kappa shape index (κ1) is 23.3. The largest absolute Gasteiger partial charge is 0.346 e. The maximum Gasteiger partial charge on any atom is 0.251 e. The molecule has 3 aromatic rings. The molecule has 1 aliphatic heterocycles. The molecule has 0 saturated carbocycles. The van der Waals surface area contributed by atoms with Crippen LogP contribution in [0.3, 0.4) is 0 Å². The van der Waals surface area contributed by atoms with Gasteiger partial charge in [0.2, 0.25) is 0 Å². The zero-order chi connectivity index (χ0) is 23.2. The topological polar surface area (TPSA) is 32.3 Å². The number of aryl methyl sites for hydroxylation is 2. The van der Waals surface area contributed by atoms with Gasteiger partial charge in [-0.3, -0.25) is 9.69 Å². The van der Waals surface area contributed by atoms with Crippen molar-refractivity contribution < 1.29 is 4.79 Å². The third kappa shape index (κ3) is 6.33. The van der Waals surface area contributed by atoms with Crippen molar-refractivity contribution in [2.24, 2.45) is 5.92 Å². The van der Waals surface area contributed by atoms with E-state index in [-0.39, 0.29) is 11.9 Å². The first-order valence-electron chi connectivity index (χ1n) is 12.2. The van der Waals surface area contributed by atoms with E-state index in [0.717, 1.165) is 36.7 Å². The molecule has 172 valence electrons. The van der Waals surface area contributed by atoms with Crippen molar-refractivity contribution >= 4 is 5.91 Å². The summed E-state index contributed by atoms with van der Waals surface area (Å²) in [6, 6.07) is 25.3. The molecule has 0 aliphatic carbocycles. The first-order valence-corrected chi connectivity index (χ1v) is 12.2. The van der Waals surface area contributed by atoms with Gasteiger partial charge < -0.3 is 5.32 Å². The van der Waals surface area contributed by atoms with Crippen LogP contribution in [0.15, 0.2) is 72.8 Å². The summed E-state index contributed by atoms with van der Waals surface area (Å²) in [6.07, 6.45) is 3.70. The van der Waals surface area contributed by atoms with Crippen molar-refractivity contribution in [3.05, 3.63) is 106 Å². The zero-order valence-electron chi connectivity index (χ0n) is 20.2. The van der Waals surface area contributed by atoms with Crippen LogP contribution in [0.1, 0.15) is 64.0 Å². The molecule has 3 nitrogen and oxygen atoms in total. The fourth-order valence-electron chi connectivity index (χ4n) is 4.71. The second kappa shape index (κ2) is 10.8. The molecule has 0 aromatic heterocycles. The maximum absolute atomic E-state index is 12.7. The van der Waals surface area contributed by atoms with E-state index in [0.29, 0.717) is 0 Å². The fraction of sp³-hybridized carbons (Fsp3) is 0.367. The first-order chi connectivity index (χ1) is 16.0. The fourth-order valence-corrected chi connectivity index (χ4v) is 4.71. The van der Waals surface area contributed by atoms with Crippen molar-refractivity contribution in [2.45, 2.75) is 52.6 Å². The van der Waals surface area contributed by atoms with Crippen LogP contribution in [0.5, 0.6) is 0 Å². The quantitative estimate of drug-likeness (QED) is 0.471. The Morgan fingerprint density at radius 1 is 0.909 bits per heavy atom. The molecule has 0 radical (unpaired) electrons. The van der Waals surface area contributed by atoms with Gasteiger partial charge in [0.25, 0.3) is 5.91 Å². The van der Waals surface area contributed by atoms with Crippen molar-refractivity contribution in [3.63, 3.8) is 0 Å². The Hall–Kier alpha value is -2.91. The predicted molar refractivity (Wildman–Crippen MR) is 136 cm³/mol. The summed E-state index contributed by atoms with van der Waals surface area (Å²) in [5.74, 6) is 0.767. The van der Waals surface area contributed by atoms with E-state index in [9.17, 15) is 4.79 Å². The standard InChI is InChI=1S/C30H36N2O/c1-22-9-12-29(19-23(22)2)24(3)31-30(33)28-13-10-27(11-14-28)21-32-17-15-26(16-18-32)20-25-7-5-4-6-8-25/h4-14,19,24,26H,15-18,20-21H2,1-3H3,(H,31,33)/t24-/m0/s1. The molecule has 1 atom stereocenters. The van der Waals surface area contributed by atoms with Crippen LogP contribution in [-0.4, -0.2) is 23.9 Å². The number of carbonyl (C=O) groups excluding carboxylic acids is 1. The molecule has 1 heterocycles. The van der Waals surface area contributed by atoms with E-state index in [4.69, 9.17) is 0 Å². The lowest BCUT2D eigenvalue weighted by atomic mass is 9.90. The summed E-state index contributed by atoms with van der Waals surface area (Å²) in [5, 5.41) is 3.14. The number of hydrogen-bond acceptors (Lipinski definition) is 2. The summed E-state index contributed by atoms with van der Waals surface area (Å²) in [6.45, 7) is 9.51. The van der Waals surface area contributed by atoms with E-state index in [1.165, 1.54) is 41.5 Å². The number of rotatable bonds is 7. The summed E-state index contributed by atoms with van der Waals surface area (Å²) in [5.41, 5.74) is 7.11. The molecule has 1 amide bonds. The SMILES string of the molecule is Cc1ccc([C@H](C)NC(=O)c2ccc(CN3CCC(Cc4ccccc4)CC3)cc2)cc1C. The van der Waals surface area contributed by atoms with Crippen LogP contribution in [0.4, 0.5) is 0 Å². The second-order valence-corrected chi connectivity index (χ2v) is 9.65. The highest BCUT2D eigenvalue weighted by atomic mass is 16.1. The summed E-state index contributed by atoms with van der Waals surface area (Å²) in [7, 11) is 0. The molecule has 0 unspecified atom stereocenters. The minimum atomic E-state index is -0.0198. The molecule has 3 heteroatoms. The molecule has 3 aromatic carbocycles. The Morgan fingerprint density at radius 2 is 1.61 bits per heavy atom. The molecule has 0 bridgehead atoms. The van der Waals surface area contributed by atoms with Crippen LogP contribution in [0.25, 0.3) is 0 Å². The van der Waals surface area contributed by atoms with Gasteiger partial charge in [0.1, 0.15) is 0 Å². The van der Waals surface area contributed by atoms with E-state index < -0.39 is 0 Å². The lowest BCUT2D eigenvalue weighted by Gasteiger charge is -2.32. The highest BCUT2D eigenvalue weighted by molar-refractivity contribution is 5.94. The minimum absolute atomic E-state index is 0.0194.